The zero-order valence-corrected chi connectivity index (χ0v) is 13.8. The predicted molar refractivity (Wildman–Crippen MR) is 79.8 cm³/mol. The van der Waals surface area contributed by atoms with Crippen molar-refractivity contribution in [2.75, 3.05) is 0 Å². The van der Waals surface area contributed by atoms with Gasteiger partial charge in [0.1, 0.15) is 11.8 Å². The first kappa shape index (κ1) is 14.3. The van der Waals surface area contributed by atoms with Crippen LogP contribution in [0.25, 0.3) is 4.96 Å². The van der Waals surface area contributed by atoms with Crippen LogP contribution in [0.4, 0.5) is 0 Å². The Balaban J connectivity index is 2.23. The van der Waals surface area contributed by atoms with Crippen LogP contribution in [-0.4, -0.2) is 17.7 Å². The second-order valence-corrected chi connectivity index (χ2v) is 11.8. The van der Waals surface area contributed by atoms with Crippen LogP contribution < -0.4 is 0 Å². The molecule has 0 unspecified atom stereocenters. The summed E-state index contributed by atoms with van der Waals surface area (Å²) in [5, 5.41) is 11.4. The fourth-order valence-electron chi connectivity index (χ4n) is 1.51. The average molecular weight is 293 g/mol. The van der Waals surface area contributed by atoms with E-state index in [1.54, 1.807) is 0 Å². The van der Waals surface area contributed by atoms with Crippen LogP contribution in [0.1, 0.15) is 32.2 Å². The van der Waals surface area contributed by atoms with E-state index in [1.165, 1.54) is 11.3 Å². The van der Waals surface area contributed by atoms with E-state index in [1.807, 2.05) is 16.0 Å². The van der Waals surface area contributed by atoms with Gasteiger partial charge in [-0.1, -0.05) is 20.8 Å². The van der Waals surface area contributed by atoms with Gasteiger partial charge in [-0.25, -0.2) is 4.98 Å². The van der Waals surface area contributed by atoms with Gasteiger partial charge in [-0.3, -0.25) is 4.40 Å². The van der Waals surface area contributed by atoms with Crippen molar-refractivity contribution >= 4 is 24.6 Å². The average Bonchev–Trinajstić information content (AvgIpc) is 2.83. The van der Waals surface area contributed by atoms with E-state index in [0.29, 0.717) is 12.3 Å². The maximum absolute atomic E-state index is 9.26. The number of aromatic nitrogens is 2. The molecule has 0 bridgehead atoms. The number of nitriles is 1. The van der Waals surface area contributed by atoms with Crippen LogP contribution in [0.15, 0.2) is 11.6 Å². The highest BCUT2D eigenvalue weighted by Crippen LogP contribution is 2.37. The number of nitrogens with zero attached hydrogens (tertiary/aromatic N) is 3. The molecule has 0 saturated carbocycles. The Kier molecular flexibility index (Phi) is 3.56. The van der Waals surface area contributed by atoms with Crippen LogP contribution >= 0.6 is 11.3 Å². The molecule has 0 atom stereocenters. The molecular formula is C13H19N3OSSi. The maximum Gasteiger partial charge on any atom is 0.195 e. The lowest BCUT2D eigenvalue weighted by atomic mass is 10.2. The quantitative estimate of drug-likeness (QED) is 0.809. The van der Waals surface area contributed by atoms with Gasteiger partial charge in [0.2, 0.25) is 0 Å². The molecule has 0 aliphatic carbocycles. The number of imidazole rings is 1. The van der Waals surface area contributed by atoms with Crippen LogP contribution in [0, 0.1) is 11.3 Å². The second-order valence-electron chi connectivity index (χ2n) is 6.12. The third-order valence-electron chi connectivity index (χ3n) is 3.82. The summed E-state index contributed by atoms with van der Waals surface area (Å²) in [6, 6.07) is 2.22. The highest BCUT2D eigenvalue weighted by atomic mass is 32.1. The molecule has 102 valence electrons. The Morgan fingerprint density at radius 2 is 2.16 bits per heavy atom. The molecule has 0 saturated heterocycles. The molecule has 2 aromatic rings. The molecule has 2 rings (SSSR count). The zero-order valence-electron chi connectivity index (χ0n) is 12.0. The Labute approximate surface area is 118 Å². The third kappa shape index (κ3) is 2.59. The molecule has 0 N–H and O–H groups in total. The smallest absolute Gasteiger partial charge is 0.195 e. The second kappa shape index (κ2) is 4.74. The van der Waals surface area contributed by atoms with E-state index in [9.17, 15) is 5.26 Å². The van der Waals surface area contributed by atoms with Gasteiger partial charge in [-0.05, 0) is 18.1 Å². The van der Waals surface area contributed by atoms with E-state index in [0.717, 1.165) is 10.7 Å². The number of hydrogen-bond acceptors (Lipinski definition) is 4. The van der Waals surface area contributed by atoms with Crippen molar-refractivity contribution in [1.29, 1.82) is 5.26 Å². The summed E-state index contributed by atoms with van der Waals surface area (Å²) in [5.41, 5.74) is 1.34. The van der Waals surface area contributed by atoms with Gasteiger partial charge in [-0.2, -0.15) is 5.26 Å². The van der Waals surface area contributed by atoms with Crippen LogP contribution in [0.2, 0.25) is 18.1 Å². The van der Waals surface area contributed by atoms with Crippen molar-refractivity contribution in [1.82, 2.24) is 9.38 Å². The van der Waals surface area contributed by atoms with E-state index in [-0.39, 0.29) is 5.04 Å². The lowest BCUT2D eigenvalue weighted by molar-refractivity contribution is 0.272. The minimum absolute atomic E-state index is 0.164. The first-order valence-corrected chi connectivity index (χ1v) is 10.0. The molecule has 0 radical (unpaired) electrons. The summed E-state index contributed by atoms with van der Waals surface area (Å²) in [4.78, 5) is 5.34. The molecule has 2 aromatic heterocycles. The molecule has 6 heteroatoms. The molecule has 19 heavy (non-hydrogen) atoms. The summed E-state index contributed by atoms with van der Waals surface area (Å²) in [5.74, 6) is 0. The van der Waals surface area contributed by atoms with Gasteiger partial charge in [0, 0.05) is 11.6 Å². The molecule has 0 fully saturated rings. The SMILES string of the molecule is CC(C)(C)[Si](C)(C)OCc1nc2sccn2c1C#N. The third-order valence-corrected chi connectivity index (χ3v) is 9.05. The van der Waals surface area contributed by atoms with Crippen molar-refractivity contribution in [2.24, 2.45) is 0 Å². The Hall–Kier alpha value is -1.16. The summed E-state index contributed by atoms with van der Waals surface area (Å²) >= 11 is 1.53. The van der Waals surface area contributed by atoms with Crippen molar-refractivity contribution in [2.45, 2.75) is 45.5 Å². The number of rotatable bonds is 3. The molecule has 0 spiro atoms. The monoisotopic (exact) mass is 293 g/mol. The standard InChI is InChI=1S/C13H19N3OSSi/c1-13(2,3)19(4,5)17-9-10-11(8-14)16-6-7-18-12(16)15-10/h6-7H,9H2,1-5H3. The molecule has 2 heterocycles. The van der Waals surface area contributed by atoms with E-state index in [4.69, 9.17) is 4.43 Å². The van der Waals surface area contributed by atoms with Crippen molar-refractivity contribution in [3.8, 4) is 6.07 Å². The minimum atomic E-state index is -1.81. The number of fused-ring (bicyclic) bond motifs is 1. The molecule has 4 nitrogen and oxygen atoms in total. The molecular weight excluding hydrogens is 274 g/mol. The lowest BCUT2D eigenvalue weighted by Crippen LogP contribution is -2.40. The van der Waals surface area contributed by atoms with Crippen LogP contribution in [0.3, 0.4) is 0 Å². The number of thiazole rings is 1. The Morgan fingerprint density at radius 3 is 2.74 bits per heavy atom. The Morgan fingerprint density at radius 1 is 1.47 bits per heavy atom. The predicted octanol–water partition coefficient (Wildman–Crippen LogP) is 3.79. The van der Waals surface area contributed by atoms with Crippen molar-refractivity contribution in [3.05, 3.63) is 23.0 Å². The highest BCUT2D eigenvalue weighted by molar-refractivity contribution is 7.15. The fourth-order valence-corrected chi connectivity index (χ4v) is 3.18. The summed E-state index contributed by atoms with van der Waals surface area (Å²) in [6.07, 6.45) is 1.88. The normalized spacial score (nSPS) is 12.8. The van der Waals surface area contributed by atoms with E-state index < -0.39 is 8.32 Å². The summed E-state index contributed by atoms with van der Waals surface area (Å²) in [6.45, 7) is 11.4. The number of hydrogen-bond donors (Lipinski definition) is 0. The van der Waals surface area contributed by atoms with Crippen LogP contribution in [-0.2, 0) is 11.0 Å². The molecule has 0 aliphatic heterocycles. The lowest BCUT2D eigenvalue weighted by Gasteiger charge is -2.35. The highest BCUT2D eigenvalue weighted by Gasteiger charge is 2.37. The van der Waals surface area contributed by atoms with Crippen LogP contribution in [0.5, 0.6) is 0 Å². The van der Waals surface area contributed by atoms with Gasteiger partial charge in [0.25, 0.3) is 0 Å². The van der Waals surface area contributed by atoms with Gasteiger partial charge in [0.15, 0.2) is 19.0 Å². The van der Waals surface area contributed by atoms with E-state index in [2.05, 4.69) is 44.9 Å². The van der Waals surface area contributed by atoms with Gasteiger partial charge >= 0.3 is 0 Å². The van der Waals surface area contributed by atoms with Gasteiger partial charge < -0.3 is 4.43 Å². The van der Waals surface area contributed by atoms with Gasteiger partial charge in [0.05, 0.1) is 6.61 Å². The first-order valence-electron chi connectivity index (χ1n) is 6.25. The molecule has 0 aromatic carbocycles. The molecule has 0 amide bonds. The molecule has 0 aliphatic rings. The summed E-state index contributed by atoms with van der Waals surface area (Å²) in [7, 11) is -1.81. The first-order chi connectivity index (χ1) is 8.76. The Bertz CT molecular complexity index is 630. The van der Waals surface area contributed by atoms with Crippen molar-refractivity contribution in [3.63, 3.8) is 0 Å². The topological polar surface area (TPSA) is 50.3 Å². The van der Waals surface area contributed by atoms with Crippen molar-refractivity contribution < 1.29 is 4.43 Å². The van der Waals surface area contributed by atoms with E-state index >= 15 is 0 Å². The largest absolute Gasteiger partial charge is 0.411 e. The minimum Gasteiger partial charge on any atom is -0.411 e. The fraction of sp³-hybridized carbons (Fsp3) is 0.538. The maximum atomic E-state index is 9.26. The summed E-state index contributed by atoms with van der Waals surface area (Å²) < 4.78 is 7.97. The zero-order chi connectivity index (χ0) is 14.3. The van der Waals surface area contributed by atoms with Gasteiger partial charge in [-0.15, -0.1) is 11.3 Å².